The van der Waals surface area contributed by atoms with Crippen LogP contribution in [0.25, 0.3) is 0 Å². The molecule has 1 atom stereocenters. The van der Waals surface area contributed by atoms with E-state index in [0.29, 0.717) is 5.92 Å². The molecule has 1 aliphatic rings. The van der Waals surface area contributed by atoms with E-state index in [0.717, 1.165) is 25.2 Å². The molecule has 0 radical (unpaired) electrons. The van der Waals surface area contributed by atoms with Gasteiger partial charge in [0.1, 0.15) is 5.82 Å². The Balaban J connectivity index is 1.70. The lowest BCUT2D eigenvalue weighted by atomic mass is 9.77. The molecule has 0 bridgehead atoms. The van der Waals surface area contributed by atoms with E-state index in [1.807, 2.05) is 0 Å². The van der Waals surface area contributed by atoms with Crippen molar-refractivity contribution >= 4 is 5.78 Å². The molecular weight excluding hydrogens is 306 g/mol. The maximum Gasteiger partial charge on any atom is 0.199 e. The lowest BCUT2D eigenvalue weighted by Gasteiger charge is -2.28. The van der Waals surface area contributed by atoms with Crippen molar-refractivity contribution in [3.8, 4) is 0 Å². The van der Waals surface area contributed by atoms with Gasteiger partial charge in [-0.25, -0.2) is 8.78 Å². The molecule has 1 aromatic rings. The monoisotopic (exact) mass is 336 g/mol. The van der Waals surface area contributed by atoms with Crippen LogP contribution in [0, 0.1) is 17.7 Å². The average molecular weight is 336 g/mol. The van der Waals surface area contributed by atoms with Crippen LogP contribution in [0.15, 0.2) is 24.3 Å². The number of ketones is 1. The quantitative estimate of drug-likeness (QED) is 0.371. The Morgan fingerprint density at radius 2 is 1.71 bits per heavy atom. The molecule has 24 heavy (non-hydrogen) atoms. The number of hydrogen-bond acceptors (Lipinski definition) is 1. The van der Waals surface area contributed by atoms with Gasteiger partial charge in [0.25, 0.3) is 0 Å². The Bertz CT molecular complexity index is 506. The number of alkyl halides is 1. The van der Waals surface area contributed by atoms with Gasteiger partial charge in [0.2, 0.25) is 0 Å². The average Bonchev–Trinajstić information content (AvgIpc) is 2.61. The summed E-state index contributed by atoms with van der Waals surface area (Å²) in [6, 6.07) is 5.66. The molecule has 0 heterocycles. The number of rotatable bonds is 9. The van der Waals surface area contributed by atoms with E-state index >= 15 is 0 Å². The molecule has 2 rings (SSSR count). The minimum absolute atomic E-state index is 0.121. The molecule has 0 spiro atoms. The lowest BCUT2D eigenvalue weighted by Crippen LogP contribution is -2.20. The third-order valence-electron chi connectivity index (χ3n) is 5.43. The number of halogens is 2. The predicted octanol–water partition coefficient (Wildman–Crippen LogP) is 6.51. The van der Waals surface area contributed by atoms with Crippen LogP contribution in [-0.4, -0.2) is 12.0 Å². The summed E-state index contributed by atoms with van der Waals surface area (Å²) in [4.78, 5) is 12.0. The Hall–Kier alpha value is -1.25. The second kappa shape index (κ2) is 9.90. The first-order chi connectivity index (χ1) is 11.6. The van der Waals surface area contributed by atoms with Crippen LogP contribution in [0.1, 0.15) is 81.5 Å². The molecule has 1 unspecified atom stereocenters. The molecule has 1 saturated carbocycles. The van der Waals surface area contributed by atoms with E-state index < -0.39 is 17.8 Å². The van der Waals surface area contributed by atoms with Gasteiger partial charge in [0, 0.05) is 0 Å². The first kappa shape index (κ1) is 19.1. The van der Waals surface area contributed by atoms with Gasteiger partial charge in [-0.15, -0.1) is 0 Å². The summed E-state index contributed by atoms with van der Waals surface area (Å²) >= 11 is 0. The Labute approximate surface area is 144 Å². The molecule has 1 aliphatic carbocycles. The summed E-state index contributed by atoms with van der Waals surface area (Å²) in [5.41, 5.74) is -0.121. The third kappa shape index (κ3) is 5.68. The van der Waals surface area contributed by atoms with Gasteiger partial charge in [0.05, 0.1) is 5.56 Å². The summed E-state index contributed by atoms with van der Waals surface area (Å²) in [6.45, 7) is 2.23. The van der Waals surface area contributed by atoms with E-state index in [2.05, 4.69) is 6.92 Å². The number of carbonyl (C=O) groups excluding carboxylic acids is 1. The molecule has 0 aliphatic heterocycles. The van der Waals surface area contributed by atoms with Crippen LogP contribution < -0.4 is 0 Å². The molecule has 134 valence electrons. The topological polar surface area (TPSA) is 17.1 Å². The van der Waals surface area contributed by atoms with Gasteiger partial charge in [-0.3, -0.25) is 4.79 Å². The van der Waals surface area contributed by atoms with E-state index in [-0.39, 0.29) is 12.0 Å². The van der Waals surface area contributed by atoms with Crippen LogP contribution >= 0.6 is 0 Å². The lowest BCUT2D eigenvalue weighted by molar-refractivity contribution is 0.0853. The Kier molecular flexibility index (Phi) is 7.87. The summed E-state index contributed by atoms with van der Waals surface area (Å²) in [5.74, 6) is 0.0344. The third-order valence-corrected chi connectivity index (χ3v) is 5.43. The van der Waals surface area contributed by atoms with Gasteiger partial charge < -0.3 is 0 Å². The van der Waals surface area contributed by atoms with Crippen molar-refractivity contribution in [1.29, 1.82) is 0 Å². The highest BCUT2D eigenvalue weighted by atomic mass is 19.1. The van der Waals surface area contributed by atoms with Gasteiger partial charge >= 0.3 is 0 Å². The zero-order valence-corrected chi connectivity index (χ0v) is 14.8. The van der Waals surface area contributed by atoms with Crippen LogP contribution in [0.5, 0.6) is 0 Å². The minimum atomic E-state index is -1.58. The minimum Gasteiger partial charge on any atom is -0.291 e. The fourth-order valence-electron chi connectivity index (χ4n) is 3.83. The van der Waals surface area contributed by atoms with Gasteiger partial charge in [-0.2, -0.15) is 0 Å². The van der Waals surface area contributed by atoms with Gasteiger partial charge in [-0.1, -0.05) is 70.4 Å². The first-order valence-corrected chi connectivity index (χ1v) is 9.54. The Morgan fingerprint density at radius 1 is 1.08 bits per heavy atom. The molecule has 3 heteroatoms. The molecule has 1 fully saturated rings. The second-order valence-corrected chi connectivity index (χ2v) is 7.27. The summed E-state index contributed by atoms with van der Waals surface area (Å²) in [6.07, 6.45) is 9.41. The maximum atomic E-state index is 14.2. The molecule has 1 aromatic carbocycles. The van der Waals surface area contributed by atoms with Crippen LogP contribution in [0.4, 0.5) is 8.78 Å². The Morgan fingerprint density at radius 3 is 2.33 bits per heavy atom. The maximum absolute atomic E-state index is 14.2. The SMILES string of the molecule is CCCCCC1CCC(CCC(F)C(=O)c2ccccc2F)CC1. The number of unbranched alkanes of at least 4 members (excludes halogenated alkanes) is 2. The number of benzene rings is 1. The zero-order chi connectivity index (χ0) is 17.4. The van der Waals surface area contributed by atoms with Crippen molar-refractivity contribution in [2.45, 2.75) is 77.3 Å². The number of carbonyl (C=O) groups is 1. The molecule has 0 saturated heterocycles. The molecule has 0 amide bonds. The van der Waals surface area contributed by atoms with Crippen molar-refractivity contribution in [3.63, 3.8) is 0 Å². The van der Waals surface area contributed by atoms with Crippen LogP contribution in [-0.2, 0) is 0 Å². The van der Waals surface area contributed by atoms with E-state index in [9.17, 15) is 13.6 Å². The van der Waals surface area contributed by atoms with E-state index in [1.165, 1.54) is 56.7 Å². The largest absolute Gasteiger partial charge is 0.291 e. The van der Waals surface area contributed by atoms with Crippen molar-refractivity contribution in [1.82, 2.24) is 0 Å². The van der Waals surface area contributed by atoms with Crippen molar-refractivity contribution < 1.29 is 13.6 Å². The molecular formula is C21H30F2O. The van der Waals surface area contributed by atoms with Crippen molar-refractivity contribution in [2.24, 2.45) is 11.8 Å². The molecule has 0 aromatic heterocycles. The number of Topliss-reactive ketones (excluding diaryl/α,β-unsaturated/α-hetero) is 1. The fourth-order valence-corrected chi connectivity index (χ4v) is 3.83. The number of hydrogen-bond donors (Lipinski definition) is 0. The van der Waals surface area contributed by atoms with Crippen molar-refractivity contribution in [3.05, 3.63) is 35.6 Å². The highest BCUT2D eigenvalue weighted by Gasteiger charge is 2.25. The van der Waals surface area contributed by atoms with E-state index in [1.54, 1.807) is 6.07 Å². The summed E-state index contributed by atoms with van der Waals surface area (Å²) in [5, 5.41) is 0. The standard InChI is InChI=1S/C21H30F2O/c1-2-3-4-7-16-10-12-17(13-11-16)14-15-20(23)21(24)18-8-5-6-9-19(18)22/h5-6,8-9,16-17,20H,2-4,7,10-15H2,1H3. The van der Waals surface area contributed by atoms with Gasteiger partial charge in [-0.05, 0) is 36.8 Å². The zero-order valence-electron chi connectivity index (χ0n) is 14.8. The summed E-state index contributed by atoms with van der Waals surface area (Å²) in [7, 11) is 0. The first-order valence-electron chi connectivity index (χ1n) is 9.54. The highest BCUT2D eigenvalue weighted by molar-refractivity contribution is 5.99. The van der Waals surface area contributed by atoms with Crippen LogP contribution in [0.3, 0.4) is 0 Å². The molecule has 0 N–H and O–H groups in total. The van der Waals surface area contributed by atoms with Crippen molar-refractivity contribution in [2.75, 3.05) is 0 Å². The van der Waals surface area contributed by atoms with E-state index in [4.69, 9.17) is 0 Å². The fraction of sp³-hybridized carbons (Fsp3) is 0.667. The summed E-state index contributed by atoms with van der Waals surface area (Å²) < 4.78 is 27.8. The predicted molar refractivity (Wildman–Crippen MR) is 94.5 cm³/mol. The normalized spacial score (nSPS) is 22.3. The molecule has 1 nitrogen and oxygen atoms in total. The highest BCUT2D eigenvalue weighted by Crippen LogP contribution is 2.34. The van der Waals surface area contributed by atoms with Gasteiger partial charge in [0.15, 0.2) is 12.0 Å². The second-order valence-electron chi connectivity index (χ2n) is 7.27. The smallest absolute Gasteiger partial charge is 0.199 e. The van der Waals surface area contributed by atoms with Crippen LogP contribution in [0.2, 0.25) is 0 Å².